The van der Waals surface area contributed by atoms with Gasteiger partial charge >= 0.3 is 6.18 Å². The van der Waals surface area contributed by atoms with Crippen LogP contribution in [0.2, 0.25) is 0 Å². The Morgan fingerprint density at radius 3 is 2.43 bits per heavy atom. The Morgan fingerprint density at radius 1 is 1.13 bits per heavy atom. The zero-order chi connectivity index (χ0) is 21.9. The van der Waals surface area contributed by atoms with Gasteiger partial charge in [-0.25, -0.2) is 0 Å². The zero-order valence-electron chi connectivity index (χ0n) is 16.2. The molecule has 0 aliphatic carbocycles. The summed E-state index contributed by atoms with van der Waals surface area (Å²) in [5.41, 5.74) is 0.108. The first-order chi connectivity index (χ1) is 14.2. The maximum atomic E-state index is 12.9. The van der Waals surface area contributed by atoms with E-state index in [9.17, 15) is 28.1 Å². The normalized spacial score (nSPS) is 14.7. The number of nitro benzene ring substituents is 1. The van der Waals surface area contributed by atoms with Gasteiger partial charge in [0.1, 0.15) is 5.69 Å². The fourth-order valence-electron chi connectivity index (χ4n) is 3.41. The summed E-state index contributed by atoms with van der Waals surface area (Å²) in [7, 11) is 0. The number of hydrogen-bond donors (Lipinski definition) is 0. The van der Waals surface area contributed by atoms with Crippen LogP contribution in [0.1, 0.15) is 21.5 Å². The Bertz CT molecular complexity index is 944. The van der Waals surface area contributed by atoms with Crippen LogP contribution in [0.3, 0.4) is 0 Å². The number of nitro groups is 1. The second-order valence-electron chi connectivity index (χ2n) is 6.87. The predicted octanol–water partition coefficient (Wildman–Crippen LogP) is 4.44. The molecule has 2 aromatic carbocycles. The van der Waals surface area contributed by atoms with E-state index in [2.05, 4.69) is 0 Å². The van der Waals surface area contributed by atoms with Crippen LogP contribution in [0.4, 0.5) is 24.5 Å². The van der Waals surface area contributed by atoms with Gasteiger partial charge in [-0.3, -0.25) is 14.9 Å². The number of alkyl halides is 3. The van der Waals surface area contributed by atoms with Crippen LogP contribution in [0, 0.1) is 10.1 Å². The van der Waals surface area contributed by atoms with Gasteiger partial charge in [0.25, 0.3) is 11.6 Å². The molecular formula is C20H20F3N3O3S. The van der Waals surface area contributed by atoms with Gasteiger partial charge in [0.2, 0.25) is 0 Å². The Morgan fingerprint density at radius 2 is 1.83 bits per heavy atom. The summed E-state index contributed by atoms with van der Waals surface area (Å²) in [5.74, 6) is 0.673. The van der Waals surface area contributed by atoms with Crippen molar-refractivity contribution in [3.8, 4) is 0 Å². The Hall–Kier alpha value is -2.75. The molecule has 1 amide bonds. The highest BCUT2D eigenvalue weighted by molar-refractivity contribution is 7.97. The number of piperazine rings is 1. The van der Waals surface area contributed by atoms with Gasteiger partial charge < -0.3 is 9.80 Å². The summed E-state index contributed by atoms with van der Waals surface area (Å²) in [6, 6.07) is 9.92. The van der Waals surface area contributed by atoms with Crippen LogP contribution in [0.25, 0.3) is 0 Å². The molecule has 1 saturated heterocycles. The lowest BCUT2D eigenvalue weighted by Gasteiger charge is -2.36. The molecule has 1 fully saturated rings. The molecule has 0 atom stereocenters. The largest absolute Gasteiger partial charge is 0.416 e. The molecule has 1 heterocycles. The molecule has 3 rings (SSSR count). The van der Waals surface area contributed by atoms with Gasteiger partial charge in [-0.05, 0) is 36.1 Å². The first kappa shape index (κ1) is 21.9. The molecule has 1 aliphatic rings. The van der Waals surface area contributed by atoms with Crippen LogP contribution < -0.4 is 4.90 Å². The SMILES string of the molecule is CSCc1cccc(C(=O)N2CCN(c3ccc(C(F)(F)F)cc3[N+](=O)[O-])CC2)c1. The zero-order valence-corrected chi connectivity index (χ0v) is 17.0. The fraction of sp³-hybridized carbons (Fsp3) is 0.350. The van der Waals surface area contributed by atoms with Crippen LogP contribution in [0.5, 0.6) is 0 Å². The number of halogens is 3. The highest BCUT2D eigenvalue weighted by Crippen LogP contribution is 2.36. The fourth-order valence-corrected chi connectivity index (χ4v) is 3.92. The van der Waals surface area contributed by atoms with E-state index in [0.717, 1.165) is 23.4 Å². The average molecular weight is 439 g/mol. The average Bonchev–Trinajstić information content (AvgIpc) is 2.72. The quantitative estimate of drug-likeness (QED) is 0.509. The van der Waals surface area contributed by atoms with Crippen molar-refractivity contribution in [1.29, 1.82) is 0 Å². The van der Waals surface area contributed by atoms with E-state index in [1.54, 1.807) is 27.6 Å². The van der Waals surface area contributed by atoms with Crippen molar-refractivity contribution in [2.45, 2.75) is 11.9 Å². The molecule has 0 spiro atoms. The lowest BCUT2D eigenvalue weighted by atomic mass is 10.1. The van der Waals surface area contributed by atoms with E-state index >= 15 is 0 Å². The molecule has 0 saturated carbocycles. The van der Waals surface area contributed by atoms with E-state index in [4.69, 9.17) is 0 Å². The van der Waals surface area contributed by atoms with Crippen LogP contribution in [-0.2, 0) is 11.9 Å². The van der Waals surface area contributed by atoms with Crippen molar-refractivity contribution in [3.63, 3.8) is 0 Å². The van der Waals surface area contributed by atoms with Crippen molar-refractivity contribution in [2.24, 2.45) is 0 Å². The molecule has 0 unspecified atom stereocenters. The summed E-state index contributed by atoms with van der Waals surface area (Å²) in [6.45, 7) is 1.23. The van der Waals surface area contributed by atoms with Gasteiger partial charge in [-0.15, -0.1) is 0 Å². The lowest BCUT2D eigenvalue weighted by molar-refractivity contribution is -0.384. The number of amides is 1. The maximum Gasteiger partial charge on any atom is 0.416 e. The van der Waals surface area contributed by atoms with Gasteiger partial charge in [-0.1, -0.05) is 12.1 Å². The Kier molecular flexibility index (Phi) is 6.55. The molecular weight excluding hydrogens is 419 g/mol. The summed E-state index contributed by atoms with van der Waals surface area (Å²) in [6.07, 6.45) is -2.67. The van der Waals surface area contributed by atoms with Gasteiger partial charge in [0, 0.05) is 43.6 Å². The van der Waals surface area contributed by atoms with Crippen LogP contribution in [-0.4, -0.2) is 48.2 Å². The van der Waals surface area contributed by atoms with E-state index in [1.165, 1.54) is 0 Å². The number of anilines is 1. The van der Waals surface area contributed by atoms with Crippen molar-refractivity contribution >= 4 is 29.0 Å². The highest BCUT2D eigenvalue weighted by atomic mass is 32.2. The van der Waals surface area contributed by atoms with Gasteiger partial charge in [-0.2, -0.15) is 24.9 Å². The smallest absolute Gasteiger partial charge is 0.362 e. The van der Waals surface area contributed by atoms with Crippen molar-refractivity contribution in [1.82, 2.24) is 4.90 Å². The highest BCUT2D eigenvalue weighted by Gasteiger charge is 2.34. The van der Waals surface area contributed by atoms with E-state index in [1.807, 2.05) is 24.5 Å². The third-order valence-corrected chi connectivity index (χ3v) is 5.51. The van der Waals surface area contributed by atoms with Gasteiger partial charge in [0.15, 0.2) is 0 Å². The summed E-state index contributed by atoms with van der Waals surface area (Å²) in [5, 5.41) is 11.3. The number of benzene rings is 2. The first-order valence-corrected chi connectivity index (χ1v) is 10.6. The minimum atomic E-state index is -4.65. The molecule has 10 heteroatoms. The minimum Gasteiger partial charge on any atom is -0.362 e. The molecule has 30 heavy (non-hydrogen) atoms. The van der Waals surface area contributed by atoms with Crippen molar-refractivity contribution in [2.75, 3.05) is 37.3 Å². The minimum absolute atomic E-state index is 0.125. The van der Waals surface area contributed by atoms with Gasteiger partial charge in [0.05, 0.1) is 10.5 Å². The summed E-state index contributed by atoms with van der Waals surface area (Å²) < 4.78 is 38.7. The topological polar surface area (TPSA) is 66.7 Å². The second-order valence-corrected chi connectivity index (χ2v) is 7.74. The Labute approximate surface area is 175 Å². The molecule has 0 bridgehead atoms. The molecule has 6 nitrogen and oxygen atoms in total. The standard InChI is InChI=1S/C20H20F3N3O3S/c1-30-13-14-3-2-4-15(11-14)19(27)25-9-7-24(8-10-25)17-6-5-16(20(21,22)23)12-18(17)26(28)29/h2-6,11-12H,7-10,13H2,1H3. The number of thioether (sulfide) groups is 1. The molecule has 160 valence electrons. The molecule has 0 N–H and O–H groups in total. The molecule has 1 aliphatic heterocycles. The number of hydrogen-bond acceptors (Lipinski definition) is 5. The van der Waals surface area contributed by atoms with E-state index in [0.29, 0.717) is 37.8 Å². The van der Waals surface area contributed by atoms with Crippen molar-refractivity contribution < 1.29 is 22.9 Å². The van der Waals surface area contributed by atoms with Crippen LogP contribution >= 0.6 is 11.8 Å². The third kappa shape index (κ3) is 4.86. The molecule has 0 aromatic heterocycles. The molecule has 2 aromatic rings. The third-order valence-electron chi connectivity index (χ3n) is 4.89. The first-order valence-electron chi connectivity index (χ1n) is 9.18. The number of carbonyl (C=O) groups excluding carboxylic acids is 1. The number of carbonyl (C=O) groups is 1. The van der Waals surface area contributed by atoms with Crippen LogP contribution in [0.15, 0.2) is 42.5 Å². The number of rotatable bonds is 5. The lowest BCUT2D eigenvalue weighted by Crippen LogP contribution is -2.49. The van der Waals surface area contributed by atoms with E-state index in [-0.39, 0.29) is 11.6 Å². The summed E-state index contributed by atoms with van der Waals surface area (Å²) >= 11 is 1.66. The molecule has 0 radical (unpaired) electrons. The second kappa shape index (κ2) is 8.95. The number of nitrogens with zero attached hydrogens (tertiary/aromatic N) is 3. The predicted molar refractivity (Wildman–Crippen MR) is 110 cm³/mol. The van der Waals surface area contributed by atoms with Crippen molar-refractivity contribution in [3.05, 3.63) is 69.3 Å². The monoisotopic (exact) mass is 439 g/mol. The summed E-state index contributed by atoms with van der Waals surface area (Å²) in [4.78, 5) is 26.6. The Balaban J connectivity index is 1.73. The van der Waals surface area contributed by atoms with E-state index < -0.39 is 22.4 Å². The maximum absolute atomic E-state index is 12.9.